The largest absolute Gasteiger partial charge is 0.504 e. The highest BCUT2D eigenvalue weighted by Crippen LogP contribution is 2.31. The van der Waals surface area contributed by atoms with Gasteiger partial charge in [0.25, 0.3) is 0 Å². The minimum atomic E-state index is -1.76. The van der Waals surface area contributed by atoms with Crippen molar-refractivity contribution < 1.29 is 74.4 Å². The molecule has 15 heteroatoms. The highest BCUT2D eigenvalue weighted by molar-refractivity contribution is 5.87. The summed E-state index contributed by atoms with van der Waals surface area (Å²) in [5.41, 5.74) is 0.916. The van der Waals surface area contributed by atoms with Gasteiger partial charge in [-0.2, -0.15) is 0 Å². The lowest BCUT2D eigenvalue weighted by molar-refractivity contribution is -0.349. The number of phenolic OH excluding ortho intramolecular Hbond substituents is 4. The molecule has 15 nitrogen and oxygen atoms in total. The van der Waals surface area contributed by atoms with E-state index in [2.05, 4.69) is 0 Å². The average molecular weight is 611 g/mol. The van der Waals surface area contributed by atoms with Crippen LogP contribution in [0.1, 0.15) is 11.1 Å². The third-order valence-corrected chi connectivity index (χ3v) is 6.92. The molecule has 43 heavy (non-hydrogen) atoms. The predicted octanol–water partition coefficient (Wildman–Crippen LogP) is -1.40. The van der Waals surface area contributed by atoms with Crippen LogP contribution in [-0.2, 0) is 34.9 Å². The van der Waals surface area contributed by atoms with E-state index in [1.807, 2.05) is 0 Å². The molecule has 2 saturated heterocycles. The molecule has 4 rings (SSSR count). The van der Waals surface area contributed by atoms with Gasteiger partial charge >= 0.3 is 5.97 Å². The zero-order valence-corrected chi connectivity index (χ0v) is 22.6. The lowest BCUT2D eigenvalue weighted by Gasteiger charge is -2.45. The minimum absolute atomic E-state index is 0.0725. The van der Waals surface area contributed by atoms with Crippen molar-refractivity contribution in [2.24, 2.45) is 0 Å². The third kappa shape index (κ3) is 7.91. The molecule has 9 atom stereocenters. The van der Waals surface area contributed by atoms with Crippen LogP contribution >= 0.6 is 0 Å². The topological polar surface area (TPSA) is 245 Å². The van der Waals surface area contributed by atoms with Crippen molar-refractivity contribution in [2.75, 3.05) is 19.8 Å². The first-order chi connectivity index (χ1) is 20.5. The van der Waals surface area contributed by atoms with E-state index in [-0.39, 0.29) is 30.3 Å². The van der Waals surface area contributed by atoms with Crippen LogP contribution in [0.2, 0.25) is 0 Å². The fourth-order valence-corrected chi connectivity index (χ4v) is 4.53. The molecule has 0 amide bonds. The van der Waals surface area contributed by atoms with Gasteiger partial charge in [-0.3, -0.25) is 0 Å². The molecule has 2 fully saturated rings. The molecule has 0 radical (unpaired) electrons. The quantitative estimate of drug-likeness (QED) is 0.0853. The van der Waals surface area contributed by atoms with E-state index in [1.54, 1.807) is 6.07 Å². The van der Waals surface area contributed by atoms with Crippen LogP contribution in [0.5, 0.6) is 23.0 Å². The van der Waals surface area contributed by atoms with Crippen molar-refractivity contribution in [3.8, 4) is 23.0 Å². The van der Waals surface area contributed by atoms with Gasteiger partial charge in [-0.15, -0.1) is 0 Å². The molecule has 2 aromatic rings. The second-order valence-corrected chi connectivity index (χ2v) is 9.99. The van der Waals surface area contributed by atoms with Crippen molar-refractivity contribution in [2.45, 2.75) is 61.7 Å². The molecule has 2 aliphatic rings. The van der Waals surface area contributed by atoms with Crippen LogP contribution in [0.3, 0.4) is 0 Å². The number of phenols is 4. The summed E-state index contributed by atoms with van der Waals surface area (Å²) in [6.07, 6.45) is -11.5. The summed E-state index contributed by atoms with van der Waals surface area (Å²) in [5, 5.41) is 89.8. The third-order valence-electron chi connectivity index (χ3n) is 6.92. The number of carbonyl (C=O) groups is 1. The van der Waals surface area contributed by atoms with Gasteiger partial charge in [-0.1, -0.05) is 12.1 Å². The second-order valence-electron chi connectivity index (χ2n) is 9.99. The summed E-state index contributed by atoms with van der Waals surface area (Å²) in [7, 11) is 0. The highest BCUT2D eigenvalue weighted by Gasteiger charge is 2.51. The van der Waals surface area contributed by atoms with Gasteiger partial charge in [0, 0.05) is 6.08 Å². The molecule has 0 aliphatic carbocycles. The number of hydrogen-bond acceptors (Lipinski definition) is 15. The Morgan fingerprint density at radius 2 is 1.56 bits per heavy atom. The normalized spacial score (nSPS) is 31.2. The minimum Gasteiger partial charge on any atom is -0.504 e. The first-order valence-corrected chi connectivity index (χ1v) is 13.3. The SMILES string of the molecule is O=C(C=Cc1ccc(O)c(O)c1)OC1C(CO)OC(OCCc2ccc(O)c(O)c2)C(O)C1OC1OCC(O)C(O)C1O. The lowest BCUT2D eigenvalue weighted by atomic mass is 9.97. The van der Waals surface area contributed by atoms with Crippen LogP contribution in [0, 0.1) is 0 Å². The molecule has 2 aliphatic heterocycles. The lowest BCUT2D eigenvalue weighted by Crippen LogP contribution is -2.64. The standard InChI is InChI=1S/C28H34O15/c29-11-20-25(42-21(35)6-3-13-1-4-15(30)17(32)9-13)26(43-27-23(37)22(36)19(34)12-40-27)24(38)28(41-20)39-8-7-14-2-5-16(31)18(33)10-14/h1-6,9-10,19-20,22-34,36-38H,7-8,11-12H2. The summed E-state index contributed by atoms with van der Waals surface area (Å²) in [4.78, 5) is 12.7. The van der Waals surface area contributed by atoms with E-state index in [9.17, 15) is 50.8 Å². The van der Waals surface area contributed by atoms with Crippen molar-refractivity contribution >= 4 is 12.0 Å². The molecule has 9 N–H and O–H groups in total. The van der Waals surface area contributed by atoms with Gasteiger partial charge in [0.1, 0.15) is 36.6 Å². The number of rotatable bonds is 10. The molecule has 9 unspecified atom stereocenters. The molecule has 0 bridgehead atoms. The zero-order chi connectivity index (χ0) is 31.3. The van der Waals surface area contributed by atoms with Crippen LogP contribution in [-0.4, -0.2) is 127 Å². The molecule has 0 spiro atoms. The van der Waals surface area contributed by atoms with Crippen molar-refractivity contribution in [1.29, 1.82) is 0 Å². The molecular formula is C28H34O15. The highest BCUT2D eigenvalue weighted by atomic mass is 16.7. The Labute approximate surface area is 245 Å². The molecule has 2 aromatic carbocycles. The van der Waals surface area contributed by atoms with E-state index in [4.69, 9.17) is 23.7 Å². The monoisotopic (exact) mass is 610 g/mol. The van der Waals surface area contributed by atoms with Gasteiger partial charge in [0.2, 0.25) is 0 Å². The van der Waals surface area contributed by atoms with Crippen LogP contribution in [0.15, 0.2) is 42.5 Å². The van der Waals surface area contributed by atoms with Crippen molar-refractivity contribution in [3.05, 3.63) is 53.6 Å². The summed E-state index contributed by atoms with van der Waals surface area (Å²) >= 11 is 0. The first kappa shape index (κ1) is 32.4. The van der Waals surface area contributed by atoms with Crippen molar-refractivity contribution in [3.63, 3.8) is 0 Å². The van der Waals surface area contributed by atoms with Gasteiger partial charge in [0.15, 0.2) is 41.7 Å². The molecular weight excluding hydrogens is 576 g/mol. The number of ether oxygens (including phenoxy) is 5. The van der Waals surface area contributed by atoms with E-state index >= 15 is 0 Å². The summed E-state index contributed by atoms with van der Waals surface area (Å²) in [6.45, 7) is -1.23. The van der Waals surface area contributed by atoms with Crippen molar-refractivity contribution in [1.82, 2.24) is 0 Å². The number of aliphatic hydroxyl groups is 5. The van der Waals surface area contributed by atoms with Crippen LogP contribution < -0.4 is 0 Å². The summed E-state index contributed by atoms with van der Waals surface area (Å²) in [6, 6.07) is 7.98. The second kappa shape index (κ2) is 14.3. The maximum absolute atomic E-state index is 12.7. The van der Waals surface area contributed by atoms with E-state index in [0.29, 0.717) is 11.1 Å². The van der Waals surface area contributed by atoms with E-state index < -0.39 is 80.2 Å². The number of aromatic hydroxyl groups is 4. The smallest absolute Gasteiger partial charge is 0.331 e. The van der Waals surface area contributed by atoms with E-state index in [1.165, 1.54) is 36.4 Å². The Bertz CT molecular complexity index is 1270. The summed E-state index contributed by atoms with van der Waals surface area (Å²) in [5.74, 6) is -2.39. The number of aliphatic hydroxyl groups excluding tert-OH is 5. The Morgan fingerprint density at radius 1 is 0.860 bits per heavy atom. The average Bonchev–Trinajstić information content (AvgIpc) is 2.98. The number of carbonyl (C=O) groups excluding carboxylic acids is 1. The maximum atomic E-state index is 12.7. The van der Waals surface area contributed by atoms with Gasteiger partial charge < -0.3 is 69.6 Å². The first-order valence-electron chi connectivity index (χ1n) is 13.3. The van der Waals surface area contributed by atoms with Crippen LogP contribution in [0.4, 0.5) is 0 Å². The van der Waals surface area contributed by atoms with E-state index in [0.717, 1.165) is 6.08 Å². The fourth-order valence-electron chi connectivity index (χ4n) is 4.53. The van der Waals surface area contributed by atoms with Gasteiger partial charge in [-0.05, 0) is 47.9 Å². The Kier molecular flexibility index (Phi) is 10.8. The predicted molar refractivity (Wildman–Crippen MR) is 143 cm³/mol. The number of esters is 1. The molecule has 0 saturated carbocycles. The van der Waals surface area contributed by atoms with Crippen LogP contribution in [0.25, 0.3) is 6.08 Å². The number of benzene rings is 2. The summed E-state index contributed by atoms with van der Waals surface area (Å²) < 4.78 is 27.8. The molecule has 2 heterocycles. The van der Waals surface area contributed by atoms with Gasteiger partial charge in [-0.25, -0.2) is 4.79 Å². The van der Waals surface area contributed by atoms with Gasteiger partial charge in [0.05, 0.1) is 19.8 Å². The molecule has 236 valence electrons. The fraction of sp³-hybridized carbons (Fsp3) is 0.464. The number of hydrogen-bond donors (Lipinski definition) is 9. The Hall–Kier alpha value is -3.51. The molecule has 0 aromatic heterocycles. The Balaban J connectivity index is 1.50. The Morgan fingerprint density at radius 3 is 2.23 bits per heavy atom. The maximum Gasteiger partial charge on any atom is 0.331 e. The zero-order valence-electron chi connectivity index (χ0n) is 22.6.